The zero-order valence-electron chi connectivity index (χ0n) is 25.5. The summed E-state index contributed by atoms with van der Waals surface area (Å²) in [6.45, 7) is 10.3. The summed E-state index contributed by atoms with van der Waals surface area (Å²) in [6, 6.07) is 12.5. The minimum absolute atomic E-state index is 0.169. The van der Waals surface area contributed by atoms with Crippen LogP contribution in [-0.4, -0.2) is 90.1 Å². The summed E-state index contributed by atoms with van der Waals surface area (Å²) in [5.74, 6) is 2.82. The van der Waals surface area contributed by atoms with Crippen LogP contribution in [0.25, 0.3) is 0 Å². The van der Waals surface area contributed by atoms with Gasteiger partial charge < -0.3 is 30.2 Å². The number of hydrogen-bond donors (Lipinski definition) is 3. The van der Waals surface area contributed by atoms with Gasteiger partial charge in [-0.05, 0) is 103 Å². The summed E-state index contributed by atoms with van der Waals surface area (Å²) < 4.78 is 0. The zero-order valence-corrected chi connectivity index (χ0v) is 26.3. The SMILES string of the molecule is CC1(C)C2CCC(CCN3CCC4(CC3)C(=O)N(CCNCC(c3ccsc3)C(O)CO)CN4c3ccccc3)C1C2. The molecule has 2 bridgehead atoms. The van der Waals surface area contributed by atoms with Crippen molar-refractivity contribution < 1.29 is 15.0 Å². The van der Waals surface area contributed by atoms with E-state index in [0.717, 1.165) is 61.5 Å². The van der Waals surface area contributed by atoms with E-state index in [1.807, 2.05) is 27.8 Å². The predicted molar refractivity (Wildman–Crippen MR) is 170 cm³/mol. The molecule has 2 saturated heterocycles. The first-order valence-electron chi connectivity index (χ1n) is 16.2. The highest BCUT2D eigenvalue weighted by atomic mass is 32.1. The Morgan fingerprint density at radius 3 is 2.55 bits per heavy atom. The lowest BCUT2D eigenvalue weighted by Crippen LogP contribution is -2.57. The summed E-state index contributed by atoms with van der Waals surface area (Å²) in [4.78, 5) is 21.2. The fourth-order valence-electron chi connectivity index (χ4n) is 8.74. The Labute approximate surface area is 255 Å². The van der Waals surface area contributed by atoms with E-state index in [2.05, 4.69) is 53.2 Å². The van der Waals surface area contributed by atoms with Gasteiger partial charge in [0.2, 0.25) is 5.91 Å². The van der Waals surface area contributed by atoms with Crippen LogP contribution in [0.2, 0.25) is 0 Å². The Morgan fingerprint density at radius 1 is 1.10 bits per heavy atom. The van der Waals surface area contributed by atoms with Crippen molar-refractivity contribution >= 4 is 22.9 Å². The number of carbonyl (C=O) groups is 1. The minimum Gasteiger partial charge on any atom is -0.394 e. The Balaban J connectivity index is 1.06. The van der Waals surface area contributed by atoms with Crippen molar-refractivity contribution in [2.75, 3.05) is 57.4 Å². The maximum atomic E-state index is 14.1. The summed E-state index contributed by atoms with van der Waals surface area (Å²) in [7, 11) is 0. The van der Waals surface area contributed by atoms with Crippen molar-refractivity contribution in [3.63, 3.8) is 0 Å². The third-order valence-electron chi connectivity index (χ3n) is 11.6. The number of likely N-dealkylation sites (tertiary alicyclic amines) is 1. The predicted octanol–water partition coefficient (Wildman–Crippen LogP) is 4.38. The van der Waals surface area contributed by atoms with Crippen molar-refractivity contribution in [3.8, 4) is 0 Å². The first-order valence-corrected chi connectivity index (χ1v) is 17.1. The van der Waals surface area contributed by atoms with Gasteiger partial charge in [-0.1, -0.05) is 32.0 Å². The van der Waals surface area contributed by atoms with Gasteiger partial charge in [-0.15, -0.1) is 0 Å². The highest BCUT2D eigenvalue weighted by molar-refractivity contribution is 7.08. The van der Waals surface area contributed by atoms with E-state index < -0.39 is 11.6 Å². The number of carbonyl (C=O) groups excluding carboxylic acids is 1. The molecule has 3 aliphatic carbocycles. The number of para-hydroxylation sites is 1. The summed E-state index contributed by atoms with van der Waals surface area (Å²) in [6.07, 6.45) is 6.51. The number of fused-ring (bicyclic) bond motifs is 2. The van der Waals surface area contributed by atoms with Crippen molar-refractivity contribution in [2.45, 2.75) is 69.9 Å². The second kappa shape index (κ2) is 12.6. The third kappa shape index (κ3) is 5.65. The highest BCUT2D eigenvalue weighted by Crippen LogP contribution is 2.62. The molecule has 3 N–H and O–H groups in total. The van der Waals surface area contributed by atoms with Gasteiger partial charge in [-0.25, -0.2) is 0 Å². The minimum atomic E-state index is -0.808. The maximum absolute atomic E-state index is 14.1. The van der Waals surface area contributed by atoms with Crippen LogP contribution in [0.1, 0.15) is 63.9 Å². The molecule has 3 saturated carbocycles. The Bertz CT molecular complexity index is 1160. The van der Waals surface area contributed by atoms with Crippen LogP contribution in [0.5, 0.6) is 0 Å². The molecular weight excluding hydrogens is 544 g/mol. The molecule has 42 heavy (non-hydrogen) atoms. The molecule has 230 valence electrons. The molecule has 1 amide bonds. The standard InChI is InChI=1S/C34H50N4O3S/c1-33(2)27-9-8-25(30(33)20-27)10-15-36-16-12-34(13-17-36)32(41)37(24-38(34)28-6-4-3-5-7-28)18-14-35-21-29(31(40)22-39)26-11-19-42-23-26/h3-7,11,19,23,25,27,29-31,35,39-40H,8-10,12-18,20-22,24H2,1-2H3. The number of nitrogens with zero attached hydrogens (tertiary/aromatic N) is 3. The number of anilines is 1. The lowest BCUT2D eigenvalue weighted by atomic mass is 9.45. The van der Waals surface area contributed by atoms with Gasteiger partial charge in [0.1, 0.15) is 5.54 Å². The van der Waals surface area contributed by atoms with Crippen molar-refractivity contribution in [2.24, 2.45) is 23.2 Å². The molecule has 2 aromatic rings. The zero-order chi connectivity index (χ0) is 29.3. The Morgan fingerprint density at radius 2 is 1.88 bits per heavy atom. The monoisotopic (exact) mass is 594 g/mol. The lowest BCUT2D eigenvalue weighted by molar-refractivity contribution is -0.133. The second-order valence-corrected chi connectivity index (χ2v) is 14.7. The topological polar surface area (TPSA) is 79.3 Å². The van der Waals surface area contributed by atoms with Crippen molar-refractivity contribution in [1.82, 2.24) is 15.1 Å². The smallest absolute Gasteiger partial charge is 0.250 e. The number of hydrogen-bond acceptors (Lipinski definition) is 7. The molecule has 5 unspecified atom stereocenters. The molecule has 0 radical (unpaired) electrons. The van der Waals surface area contributed by atoms with Gasteiger partial charge in [0, 0.05) is 44.3 Å². The van der Waals surface area contributed by atoms with Crippen LogP contribution in [0.4, 0.5) is 5.69 Å². The molecule has 2 aliphatic heterocycles. The molecular formula is C34H50N4O3S. The molecule has 7 nitrogen and oxygen atoms in total. The number of aliphatic hydroxyl groups is 2. The first-order chi connectivity index (χ1) is 20.3. The number of rotatable bonds is 12. The van der Waals surface area contributed by atoms with Crippen LogP contribution in [0.15, 0.2) is 47.2 Å². The van der Waals surface area contributed by atoms with Gasteiger partial charge >= 0.3 is 0 Å². The quantitative estimate of drug-likeness (QED) is 0.317. The Hall–Kier alpha value is -1.97. The summed E-state index contributed by atoms with van der Waals surface area (Å²) in [5, 5.41) is 27.4. The van der Waals surface area contributed by atoms with Crippen LogP contribution in [-0.2, 0) is 4.79 Å². The normalized spacial score (nSPS) is 28.2. The van der Waals surface area contributed by atoms with E-state index in [9.17, 15) is 15.0 Å². The number of benzene rings is 1. The summed E-state index contributed by atoms with van der Waals surface area (Å²) >= 11 is 1.60. The van der Waals surface area contributed by atoms with Crippen LogP contribution in [0.3, 0.4) is 0 Å². The molecule has 8 heteroatoms. The van der Waals surface area contributed by atoms with E-state index in [0.29, 0.717) is 31.7 Å². The van der Waals surface area contributed by atoms with Crippen LogP contribution in [0, 0.1) is 23.2 Å². The van der Waals surface area contributed by atoms with E-state index in [-0.39, 0.29) is 18.4 Å². The van der Waals surface area contributed by atoms with Crippen LogP contribution < -0.4 is 10.2 Å². The summed E-state index contributed by atoms with van der Waals surface area (Å²) in [5.41, 5.74) is 2.24. The van der Waals surface area contributed by atoms with Gasteiger partial charge in [-0.3, -0.25) is 4.79 Å². The molecule has 5 aliphatic rings. The van der Waals surface area contributed by atoms with Gasteiger partial charge in [0.15, 0.2) is 0 Å². The van der Waals surface area contributed by atoms with E-state index in [4.69, 9.17) is 0 Å². The molecule has 1 spiro atoms. The number of thiophene rings is 1. The van der Waals surface area contributed by atoms with E-state index in [1.54, 1.807) is 11.3 Å². The number of nitrogens with one attached hydrogen (secondary N) is 1. The van der Waals surface area contributed by atoms with Crippen molar-refractivity contribution in [3.05, 3.63) is 52.7 Å². The number of amides is 1. The average Bonchev–Trinajstić information content (AvgIpc) is 3.64. The second-order valence-electron chi connectivity index (χ2n) is 14.0. The van der Waals surface area contributed by atoms with E-state index >= 15 is 0 Å². The fourth-order valence-corrected chi connectivity index (χ4v) is 9.46. The van der Waals surface area contributed by atoms with Crippen molar-refractivity contribution in [1.29, 1.82) is 0 Å². The first kappa shape index (κ1) is 30.1. The fraction of sp³-hybridized carbons (Fsp3) is 0.676. The maximum Gasteiger partial charge on any atom is 0.250 e. The lowest BCUT2D eigenvalue weighted by Gasteiger charge is -2.60. The molecule has 5 atom stereocenters. The van der Waals surface area contributed by atoms with E-state index in [1.165, 1.54) is 25.7 Å². The van der Waals surface area contributed by atoms with Gasteiger partial charge in [0.05, 0.1) is 19.4 Å². The molecule has 1 aromatic carbocycles. The van der Waals surface area contributed by atoms with Gasteiger partial charge in [0.25, 0.3) is 0 Å². The number of piperidine rings is 1. The largest absolute Gasteiger partial charge is 0.394 e. The van der Waals surface area contributed by atoms with Crippen LogP contribution >= 0.6 is 11.3 Å². The molecule has 3 heterocycles. The highest BCUT2D eigenvalue weighted by Gasteiger charge is 2.55. The molecule has 7 rings (SSSR count). The molecule has 5 fully saturated rings. The third-order valence-corrected chi connectivity index (χ3v) is 12.3. The average molecular weight is 595 g/mol. The van der Waals surface area contributed by atoms with Gasteiger partial charge in [-0.2, -0.15) is 11.3 Å². The molecule has 1 aromatic heterocycles. The number of aliphatic hydroxyl groups excluding tert-OH is 2. The Kier molecular flexibility index (Phi) is 9.00.